The molecule has 0 N–H and O–H groups in total. The van der Waals surface area contributed by atoms with Crippen molar-refractivity contribution < 1.29 is 4.74 Å². The van der Waals surface area contributed by atoms with Gasteiger partial charge in [0.05, 0.1) is 17.6 Å². The van der Waals surface area contributed by atoms with Gasteiger partial charge in [-0.1, -0.05) is 12.1 Å². The number of imidazole rings is 1. The minimum atomic E-state index is 0.00284. The highest BCUT2D eigenvalue weighted by Crippen LogP contribution is 2.44. The van der Waals surface area contributed by atoms with Crippen molar-refractivity contribution in [1.82, 2.24) is 14.5 Å². The van der Waals surface area contributed by atoms with Gasteiger partial charge >= 0.3 is 0 Å². The molecule has 0 aliphatic carbocycles. The van der Waals surface area contributed by atoms with Crippen LogP contribution in [0, 0.1) is 5.92 Å². The summed E-state index contributed by atoms with van der Waals surface area (Å²) in [5, 5.41) is 0. The highest BCUT2D eigenvalue weighted by Gasteiger charge is 2.53. The fraction of sp³-hybridized carbons (Fsp3) is 0.533. The Bertz CT molecular complexity index is 656. The van der Waals surface area contributed by atoms with E-state index >= 15 is 0 Å². The molecule has 1 aromatic carbocycles. The molecule has 1 aromatic heterocycles. The number of rotatable bonds is 0. The summed E-state index contributed by atoms with van der Waals surface area (Å²) in [6, 6.07) is 9.16. The number of hydrogen-bond acceptors (Lipinski definition) is 3. The number of piperidine rings is 3. The minimum Gasteiger partial charge on any atom is -0.454 e. The van der Waals surface area contributed by atoms with Gasteiger partial charge in [-0.05, 0) is 38.1 Å². The molecule has 4 aliphatic rings. The second-order valence-corrected chi connectivity index (χ2v) is 6.19. The maximum absolute atomic E-state index is 6.36. The summed E-state index contributed by atoms with van der Waals surface area (Å²) in [6.45, 7) is 4.55. The molecule has 98 valence electrons. The van der Waals surface area contributed by atoms with Crippen LogP contribution in [0.4, 0.5) is 0 Å². The summed E-state index contributed by atoms with van der Waals surface area (Å²) in [5.41, 5.74) is 2.27. The van der Waals surface area contributed by atoms with Crippen LogP contribution in [0.25, 0.3) is 11.0 Å². The summed E-state index contributed by atoms with van der Waals surface area (Å²) < 4.78 is 8.64. The van der Waals surface area contributed by atoms with Crippen LogP contribution in [0.3, 0.4) is 0 Å². The Hall–Kier alpha value is -1.55. The summed E-state index contributed by atoms with van der Waals surface area (Å²) >= 11 is 0. The predicted molar refractivity (Wildman–Crippen MR) is 72.3 cm³/mol. The van der Waals surface area contributed by atoms with Crippen molar-refractivity contribution >= 4 is 11.0 Å². The van der Waals surface area contributed by atoms with Crippen LogP contribution in [-0.2, 0) is 6.54 Å². The maximum atomic E-state index is 6.36. The molecule has 1 spiro atoms. The molecule has 4 heteroatoms. The molecule has 5 heterocycles. The van der Waals surface area contributed by atoms with E-state index < -0.39 is 0 Å². The van der Waals surface area contributed by atoms with Gasteiger partial charge in [-0.3, -0.25) is 9.47 Å². The second kappa shape index (κ2) is 3.31. The molecule has 19 heavy (non-hydrogen) atoms. The first-order valence-corrected chi connectivity index (χ1v) is 7.21. The van der Waals surface area contributed by atoms with E-state index in [1.807, 2.05) is 6.07 Å². The lowest BCUT2D eigenvalue weighted by Crippen LogP contribution is -2.61. The third-order valence-electron chi connectivity index (χ3n) is 5.16. The number of fused-ring (bicyclic) bond motifs is 5. The molecule has 2 aromatic rings. The number of aromatic nitrogens is 2. The molecular formula is C15H17N3O. The van der Waals surface area contributed by atoms with E-state index in [0.29, 0.717) is 5.92 Å². The van der Waals surface area contributed by atoms with Crippen molar-refractivity contribution in [1.29, 1.82) is 0 Å². The zero-order valence-electron chi connectivity index (χ0n) is 10.9. The SMILES string of the molecule is c1ccc2c(c1)nc1n2CC2(CN3CCC2CC3)O1. The Labute approximate surface area is 112 Å². The number of benzene rings is 1. The molecule has 2 bridgehead atoms. The average Bonchev–Trinajstić information content (AvgIpc) is 2.94. The second-order valence-electron chi connectivity index (χ2n) is 6.19. The zero-order chi connectivity index (χ0) is 12.4. The Balaban J connectivity index is 1.61. The normalized spacial score (nSPS) is 35.8. The van der Waals surface area contributed by atoms with Crippen molar-refractivity contribution in [2.75, 3.05) is 19.6 Å². The molecule has 3 saturated heterocycles. The zero-order valence-corrected chi connectivity index (χ0v) is 10.9. The molecule has 0 saturated carbocycles. The topological polar surface area (TPSA) is 30.3 Å². The Morgan fingerprint density at radius 2 is 2.00 bits per heavy atom. The van der Waals surface area contributed by atoms with Gasteiger partial charge in [0.15, 0.2) is 0 Å². The van der Waals surface area contributed by atoms with Crippen molar-refractivity contribution in [3.05, 3.63) is 24.3 Å². The minimum absolute atomic E-state index is 0.00284. The Morgan fingerprint density at radius 3 is 2.79 bits per heavy atom. The molecule has 0 amide bonds. The predicted octanol–water partition coefficient (Wildman–Crippen LogP) is 1.89. The average molecular weight is 255 g/mol. The Kier molecular flexibility index (Phi) is 1.79. The smallest absolute Gasteiger partial charge is 0.298 e. The van der Waals surface area contributed by atoms with Crippen LogP contribution in [0.5, 0.6) is 6.01 Å². The van der Waals surface area contributed by atoms with Gasteiger partial charge in [-0.2, -0.15) is 4.98 Å². The molecule has 1 unspecified atom stereocenters. The first-order valence-electron chi connectivity index (χ1n) is 7.21. The van der Waals surface area contributed by atoms with Crippen molar-refractivity contribution in [2.24, 2.45) is 5.92 Å². The van der Waals surface area contributed by atoms with Crippen LogP contribution in [0.2, 0.25) is 0 Å². The first-order chi connectivity index (χ1) is 9.34. The Morgan fingerprint density at radius 1 is 1.16 bits per heavy atom. The fourth-order valence-electron chi connectivity index (χ4n) is 4.19. The van der Waals surface area contributed by atoms with E-state index in [1.165, 1.54) is 31.4 Å². The molecule has 4 aliphatic heterocycles. The van der Waals surface area contributed by atoms with Crippen LogP contribution in [0.1, 0.15) is 12.8 Å². The quantitative estimate of drug-likeness (QED) is 0.720. The van der Waals surface area contributed by atoms with Gasteiger partial charge in [-0.15, -0.1) is 0 Å². The molecule has 0 radical (unpaired) electrons. The van der Waals surface area contributed by atoms with Gasteiger partial charge in [0, 0.05) is 12.5 Å². The van der Waals surface area contributed by atoms with Gasteiger partial charge in [0.25, 0.3) is 6.01 Å². The van der Waals surface area contributed by atoms with Crippen molar-refractivity contribution in [3.63, 3.8) is 0 Å². The summed E-state index contributed by atoms with van der Waals surface area (Å²) in [7, 11) is 0. The van der Waals surface area contributed by atoms with Crippen molar-refractivity contribution in [3.8, 4) is 6.01 Å². The highest BCUT2D eigenvalue weighted by atomic mass is 16.5. The van der Waals surface area contributed by atoms with Crippen LogP contribution >= 0.6 is 0 Å². The fourth-order valence-corrected chi connectivity index (χ4v) is 4.19. The molecule has 4 nitrogen and oxygen atoms in total. The van der Waals surface area contributed by atoms with Gasteiger partial charge in [0.2, 0.25) is 0 Å². The third kappa shape index (κ3) is 1.25. The van der Waals surface area contributed by atoms with E-state index in [9.17, 15) is 0 Å². The van der Waals surface area contributed by atoms with Gasteiger partial charge < -0.3 is 4.74 Å². The molecule has 6 rings (SSSR count). The standard InChI is InChI=1S/C15H17N3O/c1-2-4-13-12(3-1)16-14-18(13)10-15(19-14)9-17-7-5-11(15)6-8-17/h1-4,11H,5-10H2. The lowest BCUT2D eigenvalue weighted by molar-refractivity contribution is -0.0831. The van der Waals surface area contributed by atoms with E-state index in [0.717, 1.165) is 24.6 Å². The van der Waals surface area contributed by atoms with Crippen molar-refractivity contribution in [2.45, 2.75) is 25.0 Å². The van der Waals surface area contributed by atoms with E-state index in [-0.39, 0.29) is 5.60 Å². The molecule has 3 fully saturated rings. The first kappa shape index (κ1) is 10.3. The van der Waals surface area contributed by atoms with Crippen LogP contribution < -0.4 is 4.74 Å². The lowest BCUT2D eigenvalue weighted by atomic mass is 9.75. The van der Waals surface area contributed by atoms with Crippen LogP contribution in [0.15, 0.2) is 24.3 Å². The molecular weight excluding hydrogens is 238 g/mol. The van der Waals surface area contributed by atoms with E-state index in [2.05, 4.69) is 32.7 Å². The maximum Gasteiger partial charge on any atom is 0.298 e. The summed E-state index contributed by atoms with van der Waals surface area (Å²) in [4.78, 5) is 7.20. The highest BCUT2D eigenvalue weighted by molar-refractivity contribution is 5.77. The number of hydrogen-bond donors (Lipinski definition) is 0. The monoisotopic (exact) mass is 255 g/mol. The lowest BCUT2D eigenvalue weighted by Gasteiger charge is -2.50. The van der Waals surface area contributed by atoms with E-state index in [4.69, 9.17) is 4.74 Å². The van der Waals surface area contributed by atoms with Gasteiger partial charge in [-0.25, -0.2) is 0 Å². The number of nitrogens with zero attached hydrogens (tertiary/aromatic N) is 3. The van der Waals surface area contributed by atoms with Gasteiger partial charge in [0.1, 0.15) is 5.60 Å². The number of para-hydroxylation sites is 2. The molecule has 1 atom stereocenters. The number of ether oxygens (including phenoxy) is 1. The summed E-state index contributed by atoms with van der Waals surface area (Å²) in [6.07, 6.45) is 2.56. The van der Waals surface area contributed by atoms with E-state index in [1.54, 1.807) is 0 Å². The largest absolute Gasteiger partial charge is 0.454 e. The third-order valence-corrected chi connectivity index (χ3v) is 5.16. The van der Waals surface area contributed by atoms with Crippen LogP contribution in [-0.4, -0.2) is 39.7 Å². The summed E-state index contributed by atoms with van der Waals surface area (Å²) in [5.74, 6) is 0.706.